The van der Waals surface area contributed by atoms with E-state index < -0.39 is 0 Å². The lowest BCUT2D eigenvalue weighted by Gasteiger charge is -2.42. The van der Waals surface area contributed by atoms with E-state index in [2.05, 4.69) is 58.3 Å². The number of nitrogens with zero attached hydrogens (tertiary/aromatic N) is 3. The molecule has 0 bridgehead atoms. The first-order valence-electron chi connectivity index (χ1n) is 9.83. The molecule has 2 heterocycles. The molecule has 1 aromatic rings. The second-order valence-corrected chi connectivity index (χ2v) is 8.90. The fraction of sp³-hybridized carbons (Fsp3) is 0.667. The van der Waals surface area contributed by atoms with Crippen molar-refractivity contribution in [3.63, 3.8) is 0 Å². The molecule has 2 fully saturated rings. The summed E-state index contributed by atoms with van der Waals surface area (Å²) in [4.78, 5) is 19.7. The Balaban J connectivity index is 1.68. The molecule has 5 nitrogen and oxygen atoms in total. The van der Waals surface area contributed by atoms with E-state index in [1.165, 1.54) is 11.3 Å². The summed E-state index contributed by atoms with van der Waals surface area (Å²) in [5.41, 5.74) is 2.23. The highest BCUT2D eigenvalue weighted by atomic mass is 16.2. The predicted octanol–water partition coefficient (Wildman–Crippen LogP) is 2.35. The van der Waals surface area contributed by atoms with Crippen molar-refractivity contribution < 1.29 is 4.79 Å². The number of likely N-dealkylation sites (N-methyl/N-ethyl adjacent to an activating group) is 1. The SMILES string of the molecule is C[C@@H]1CN[C@@H](c2ccc(N3CCN(C)CC3)cc2)CN1C(=O)C(C)(C)C. The van der Waals surface area contributed by atoms with Crippen molar-refractivity contribution >= 4 is 11.6 Å². The van der Waals surface area contributed by atoms with Crippen LogP contribution < -0.4 is 10.2 Å². The Labute approximate surface area is 158 Å². The van der Waals surface area contributed by atoms with Gasteiger partial charge in [-0.05, 0) is 31.7 Å². The van der Waals surface area contributed by atoms with Crippen molar-refractivity contribution in [1.29, 1.82) is 0 Å². The number of rotatable bonds is 2. The molecule has 1 amide bonds. The Morgan fingerprint density at radius 3 is 2.27 bits per heavy atom. The van der Waals surface area contributed by atoms with E-state index in [4.69, 9.17) is 0 Å². The average molecular weight is 359 g/mol. The molecule has 0 unspecified atom stereocenters. The van der Waals surface area contributed by atoms with Crippen LogP contribution in [-0.2, 0) is 4.79 Å². The lowest BCUT2D eigenvalue weighted by Crippen LogP contribution is -2.56. The molecular formula is C21H34N4O. The van der Waals surface area contributed by atoms with Crippen LogP contribution in [0.3, 0.4) is 0 Å². The van der Waals surface area contributed by atoms with E-state index in [0.29, 0.717) is 0 Å². The maximum absolute atomic E-state index is 12.8. The summed E-state index contributed by atoms with van der Waals surface area (Å²) in [5.74, 6) is 0.241. The standard InChI is InChI=1S/C21H34N4O/c1-16-14-22-19(15-25(16)20(26)21(2,3)4)17-6-8-18(9-7-17)24-12-10-23(5)11-13-24/h6-9,16,19,22H,10-15H2,1-5H3/t16-,19-/m1/s1. The molecule has 144 valence electrons. The molecule has 0 aromatic heterocycles. The van der Waals surface area contributed by atoms with E-state index in [1.807, 2.05) is 20.8 Å². The molecular weight excluding hydrogens is 324 g/mol. The Hall–Kier alpha value is -1.59. The number of piperazine rings is 2. The van der Waals surface area contributed by atoms with Crippen molar-refractivity contribution in [2.45, 2.75) is 39.8 Å². The highest BCUT2D eigenvalue weighted by molar-refractivity contribution is 5.82. The van der Waals surface area contributed by atoms with Crippen LogP contribution in [0.15, 0.2) is 24.3 Å². The fourth-order valence-electron chi connectivity index (χ4n) is 3.78. The van der Waals surface area contributed by atoms with Crippen LogP contribution in [-0.4, -0.2) is 68.1 Å². The van der Waals surface area contributed by atoms with Crippen molar-refractivity contribution in [3.05, 3.63) is 29.8 Å². The molecule has 3 rings (SSSR count). The maximum Gasteiger partial charge on any atom is 0.228 e. The van der Waals surface area contributed by atoms with Crippen molar-refractivity contribution in [1.82, 2.24) is 15.1 Å². The number of anilines is 1. The minimum absolute atomic E-state index is 0.207. The summed E-state index contributed by atoms with van der Waals surface area (Å²) in [6.07, 6.45) is 0. The molecule has 0 radical (unpaired) electrons. The second kappa shape index (κ2) is 7.57. The predicted molar refractivity (Wildman–Crippen MR) is 108 cm³/mol. The van der Waals surface area contributed by atoms with Crippen LogP contribution in [0.25, 0.3) is 0 Å². The normalized spacial score (nSPS) is 25.4. The van der Waals surface area contributed by atoms with Crippen molar-refractivity contribution in [3.8, 4) is 0 Å². The lowest BCUT2D eigenvalue weighted by atomic mass is 9.92. The summed E-state index contributed by atoms with van der Waals surface area (Å²) in [6.45, 7) is 14.1. The van der Waals surface area contributed by atoms with E-state index in [-0.39, 0.29) is 23.4 Å². The fourth-order valence-corrected chi connectivity index (χ4v) is 3.78. The third-order valence-electron chi connectivity index (χ3n) is 5.64. The Kier molecular flexibility index (Phi) is 5.58. The zero-order chi connectivity index (χ0) is 18.9. The zero-order valence-electron chi connectivity index (χ0n) is 17.0. The van der Waals surface area contributed by atoms with Crippen LogP contribution in [0.4, 0.5) is 5.69 Å². The first kappa shape index (κ1) is 19.2. The average Bonchev–Trinajstić information content (AvgIpc) is 2.62. The lowest BCUT2D eigenvalue weighted by molar-refractivity contribution is -0.143. The van der Waals surface area contributed by atoms with Gasteiger partial charge in [0.2, 0.25) is 5.91 Å². The van der Waals surface area contributed by atoms with Gasteiger partial charge in [-0.3, -0.25) is 4.79 Å². The van der Waals surface area contributed by atoms with Crippen LogP contribution in [0.5, 0.6) is 0 Å². The second-order valence-electron chi connectivity index (χ2n) is 8.90. The molecule has 0 spiro atoms. The number of amides is 1. The molecule has 1 aromatic carbocycles. The largest absolute Gasteiger partial charge is 0.369 e. The van der Waals surface area contributed by atoms with Gasteiger partial charge in [0.15, 0.2) is 0 Å². The van der Waals surface area contributed by atoms with Gasteiger partial charge in [-0.1, -0.05) is 32.9 Å². The topological polar surface area (TPSA) is 38.8 Å². The van der Waals surface area contributed by atoms with Crippen LogP contribution in [0, 0.1) is 5.41 Å². The minimum Gasteiger partial charge on any atom is -0.369 e. The van der Waals surface area contributed by atoms with Gasteiger partial charge in [-0.25, -0.2) is 0 Å². The van der Waals surface area contributed by atoms with Gasteiger partial charge < -0.3 is 20.0 Å². The molecule has 0 aliphatic carbocycles. The summed E-state index contributed by atoms with van der Waals surface area (Å²) >= 11 is 0. The highest BCUT2D eigenvalue weighted by Gasteiger charge is 2.34. The smallest absolute Gasteiger partial charge is 0.228 e. The summed E-state index contributed by atoms with van der Waals surface area (Å²) in [5, 5.41) is 3.61. The molecule has 26 heavy (non-hydrogen) atoms. The van der Waals surface area contributed by atoms with Gasteiger partial charge >= 0.3 is 0 Å². The summed E-state index contributed by atoms with van der Waals surface area (Å²) in [6, 6.07) is 9.36. The minimum atomic E-state index is -0.332. The van der Waals surface area contributed by atoms with E-state index in [0.717, 1.165) is 39.3 Å². The molecule has 2 aliphatic heterocycles. The highest BCUT2D eigenvalue weighted by Crippen LogP contribution is 2.27. The maximum atomic E-state index is 12.8. The van der Waals surface area contributed by atoms with Crippen molar-refractivity contribution in [2.24, 2.45) is 5.41 Å². The number of nitrogens with one attached hydrogen (secondary N) is 1. The molecule has 2 atom stereocenters. The van der Waals surface area contributed by atoms with Gasteiger partial charge in [-0.2, -0.15) is 0 Å². The first-order chi connectivity index (χ1) is 12.3. The van der Waals surface area contributed by atoms with Gasteiger partial charge in [0.25, 0.3) is 0 Å². The van der Waals surface area contributed by atoms with Crippen LogP contribution in [0.2, 0.25) is 0 Å². The van der Waals surface area contributed by atoms with E-state index in [9.17, 15) is 4.79 Å². The number of benzene rings is 1. The van der Waals surface area contributed by atoms with Crippen LogP contribution in [0.1, 0.15) is 39.3 Å². The first-order valence-corrected chi connectivity index (χ1v) is 9.83. The summed E-state index contributed by atoms with van der Waals surface area (Å²) < 4.78 is 0. The number of carbonyl (C=O) groups is 1. The molecule has 2 aliphatic rings. The zero-order valence-corrected chi connectivity index (χ0v) is 17.0. The quantitative estimate of drug-likeness (QED) is 0.881. The number of hydrogen-bond donors (Lipinski definition) is 1. The number of carbonyl (C=O) groups excluding carboxylic acids is 1. The van der Waals surface area contributed by atoms with E-state index in [1.54, 1.807) is 0 Å². The Morgan fingerprint density at radius 2 is 1.69 bits per heavy atom. The third kappa shape index (κ3) is 4.21. The Bertz CT molecular complexity index is 614. The molecule has 0 saturated carbocycles. The summed E-state index contributed by atoms with van der Waals surface area (Å²) in [7, 11) is 2.18. The third-order valence-corrected chi connectivity index (χ3v) is 5.64. The van der Waals surface area contributed by atoms with Gasteiger partial charge in [0.05, 0.1) is 0 Å². The van der Waals surface area contributed by atoms with Gasteiger partial charge in [-0.15, -0.1) is 0 Å². The number of hydrogen-bond acceptors (Lipinski definition) is 4. The van der Waals surface area contributed by atoms with Gasteiger partial charge in [0.1, 0.15) is 0 Å². The Morgan fingerprint density at radius 1 is 1.08 bits per heavy atom. The van der Waals surface area contributed by atoms with Crippen molar-refractivity contribution in [2.75, 3.05) is 51.2 Å². The molecule has 5 heteroatoms. The van der Waals surface area contributed by atoms with Gasteiger partial charge in [0, 0.05) is 62.5 Å². The van der Waals surface area contributed by atoms with Crippen LogP contribution >= 0.6 is 0 Å². The molecule has 1 N–H and O–H groups in total. The monoisotopic (exact) mass is 358 g/mol. The van der Waals surface area contributed by atoms with E-state index >= 15 is 0 Å². The molecule has 2 saturated heterocycles.